The average molecular weight is 240 g/mol. The van der Waals surface area contributed by atoms with Gasteiger partial charge in [-0.1, -0.05) is 51.4 Å². The number of nitrogens with zero attached hydrogens (tertiary/aromatic N) is 1. The molecular formula is C14H28N2O. The summed E-state index contributed by atoms with van der Waals surface area (Å²) in [6.45, 7) is 15.4. The molecule has 0 aromatic heterocycles. The molecule has 1 N–H and O–H groups in total. The molecule has 0 saturated carbocycles. The van der Waals surface area contributed by atoms with E-state index in [0.717, 1.165) is 5.84 Å². The summed E-state index contributed by atoms with van der Waals surface area (Å²) in [7, 11) is 1.87. The first-order valence-electron chi connectivity index (χ1n) is 6.13. The third-order valence-corrected chi connectivity index (χ3v) is 2.22. The minimum Gasteiger partial charge on any atom is -0.393 e. The van der Waals surface area contributed by atoms with Crippen molar-refractivity contribution in [3.63, 3.8) is 0 Å². The van der Waals surface area contributed by atoms with Crippen LogP contribution in [0, 0.1) is 10.8 Å². The Hall–Kier alpha value is -0.990. The third-order valence-electron chi connectivity index (χ3n) is 2.22. The van der Waals surface area contributed by atoms with Crippen LogP contribution in [0.25, 0.3) is 0 Å². The number of rotatable bonds is 4. The van der Waals surface area contributed by atoms with Gasteiger partial charge in [-0.25, -0.2) is 0 Å². The van der Waals surface area contributed by atoms with Crippen molar-refractivity contribution in [2.45, 2.75) is 48.5 Å². The lowest BCUT2D eigenvalue weighted by molar-refractivity contribution is 0.0870. The highest BCUT2D eigenvalue weighted by Gasteiger charge is 2.20. The Balaban J connectivity index is 4.49. The summed E-state index contributed by atoms with van der Waals surface area (Å²) in [4.78, 5) is 5.46. The van der Waals surface area contributed by atoms with Gasteiger partial charge in [0.05, 0.1) is 0 Å². The predicted molar refractivity (Wildman–Crippen MR) is 75.1 cm³/mol. The molecule has 0 aliphatic carbocycles. The van der Waals surface area contributed by atoms with Crippen LogP contribution in [0.5, 0.6) is 0 Å². The van der Waals surface area contributed by atoms with Crippen LogP contribution in [-0.2, 0) is 4.84 Å². The SMILES string of the molecule is CN/C(=N\OCC(C)(C)C=C(C)C)C(C)(C)C. The fraction of sp³-hybridized carbons (Fsp3) is 0.786. The first-order valence-corrected chi connectivity index (χ1v) is 6.13. The van der Waals surface area contributed by atoms with E-state index < -0.39 is 0 Å². The molecule has 0 rings (SSSR count). The van der Waals surface area contributed by atoms with Gasteiger partial charge in [-0.2, -0.15) is 0 Å². The maximum absolute atomic E-state index is 5.46. The Kier molecular flexibility index (Phi) is 5.73. The van der Waals surface area contributed by atoms with Gasteiger partial charge in [-0.15, -0.1) is 0 Å². The van der Waals surface area contributed by atoms with Crippen molar-refractivity contribution in [3.05, 3.63) is 11.6 Å². The number of hydrogen-bond donors (Lipinski definition) is 1. The molecule has 0 unspecified atom stereocenters. The Morgan fingerprint density at radius 3 is 2.06 bits per heavy atom. The van der Waals surface area contributed by atoms with Crippen LogP contribution < -0.4 is 5.32 Å². The number of nitrogens with one attached hydrogen (secondary N) is 1. The first-order chi connectivity index (χ1) is 7.58. The molecule has 0 heterocycles. The Labute approximate surface area is 106 Å². The molecule has 0 atom stereocenters. The van der Waals surface area contributed by atoms with E-state index in [1.54, 1.807) is 0 Å². The molecule has 0 aromatic rings. The van der Waals surface area contributed by atoms with Crippen LogP contribution in [0.3, 0.4) is 0 Å². The van der Waals surface area contributed by atoms with Gasteiger partial charge >= 0.3 is 0 Å². The minimum absolute atomic E-state index is 0.0130. The van der Waals surface area contributed by atoms with Gasteiger partial charge in [0.2, 0.25) is 0 Å². The van der Waals surface area contributed by atoms with Gasteiger partial charge < -0.3 is 10.2 Å². The standard InChI is InChI=1S/C14H28N2O/c1-11(2)9-14(6,7)10-17-16-12(15-8)13(3,4)5/h9H,10H2,1-8H3,(H,15,16). The van der Waals surface area contributed by atoms with Crippen LogP contribution >= 0.6 is 0 Å². The largest absolute Gasteiger partial charge is 0.393 e. The third kappa shape index (κ3) is 7.03. The zero-order valence-corrected chi connectivity index (χ0v) is 12.6. The lowest BCUT2D eigenvalue weighted by Gasteiger charge is -2.22. The summed E-state index contributed by atoms with van der Waals surface area (Å²) >= 11 is 0. The molecule has 0 fully saturated rings. The lowest BCUT2D eigenvalue weighted by atomic mass is 9.92. The second-order valence-corrected chi connectivity index (χ2v) is 6.42. The number of oxime groups is 1. The van der Waals surface area contributed by atoms with E-state index in [2.05, 4.69) is 65.0 Å². The number of amidine groups is 1. The molecule has 0 spiro atoms. The van der Waals surface area contributed by atoms with Gasteiger partial charge in [-0.05, 0) is 13.8 Å². The van der Waals surface area contributed by atoms with E-state index in [0.29, 0.717) is 6.61 Å². The lowest BCUT2D eigenvalue weighted by Crippen LogP contribution is -2.33. The highest BCUT2D eigenvalue weighted by Crippen LogP contribution is 2.20. The summed E-state index contributed by atoms with van der Waals surface area (Å²) in [6, 6.07) is 0. The van der Waals surface area contributed by atoms with Crippen LogP contribution in [0.15, 0.2) is 16.8 Å². The summed E-state index contributed by atoms with van der Waals surface area (Å²) in [5, 5.41) is 7.26. The van der Waals surface area contributed by atoms with E-state index >= 15 is 0 Å². The van der Waals surface area contributed by atoms with Crippen molar-refractivity contribution in [2.24, 2.45) is 16.0 Å². The number of hydrogen-bond acceptors (Lipinski definition) is 2. The Morgan fingerprint density at radius 1 is 1.18 bits per heavy atom. The van der Waals surface area contributed by atoms with Gasteiger partial charge in [0, 0.05) is 17.9 Å². The highest BCUT2D eigenvalue weighted by molar-refractivity contribution is 5.86. The fourth-order valence-electron chi connectivity index (χ4n) is 1.64. The van der Waals surface area contributed by atoms with Crippen molar-refractivity contribution in [1.29, 1.82) is 0 Å². The summed E-state index contributed by atoms with van der Waals surface area (Å²) in [5.74, 6) is 0.866. The first kappa shape index (κ1) is 16.0. The monoisotopic (exact) mass is 240 g/mol. The fourth-order valence-corrected chi connectivity index (χ4v) is 1.64. The van der Waals surface area contributed by atoms with E-state index in [9.17, 15) is 0 Å². The highest BCUT2D eigenvalue weighted by atomic mass is 16.6. The minimum atomic E-state index is -0.0184. The molecule has 0 saturated heterocycles. The molecule has 0 aromatic carbocycles. The molecule has 0 aliphatic rings. The molecule has 3 nitrogen and oxygen atoms in total. The van der Waals surface area contributed by atoms with E-state index in [1.807, 2.05) is 7.05 Å². The second kappa shape index (κ2) is 6.08. The quantitative estimate of drug-likeness (QED) is 0.353. The van der Waals surface area contributed by atoms with E-state index in [-0.39, 0.29) is 10.8 Å². The Morgan fingerprint density at radius 2 is 1.71 bits per heavy atom. The van der Waals surface area contributed by atoms with E-state index in [1.165, 1.54) is 5.57 Å². The van der Waals surface area contributed by atoms with Crippen molar-refractivity contribution < 1.29 is 4.84 Å². The molecule has 0 aliphatic heterocycles. The molecule has 0 amide bonds. The van der Waals surface area contributed by atoms with Gasteiger partial charge in [-0.3, -0.25) is 0 Å². The summed E-state index contributed by atoms with van der Waals surface area (Å²) < 4.78 is 0. The van der Waals surface area contributed by atoms with Crippen molar-refractivity contribution in [3.8, 4) is 0 Å². The van der Waals surface area contributed by atoms with Crippen LogP contribution in [0.1, 0.15) is 48.5 Å². The van der Waals surface area contributed by atoms with Crippen LogP contribution in [-0.4, -0.2) is 19.5 Å². The van der Waals surface area contributed by atoms with Gasteiger partial charge in [0.15, 0.2) is 0 Å². The van der Waals surface area contributed by atoms with Gasteiger partial charge in [0.1, 0.15) is 12.4 Å². The molecule has 17 heavy (non-hydrogen) atoms. The zero-order chi connectivity index (χ0) is 13.7. The predicted octanol–water partition coefficient (Wildman–Crippen LogP) is 3.57. The maximum atomic E-state index is 5.46. The maximum Gasteiger partial charge on any atom is 0.147 e. The van der Waals surface area contributed by atoms with Crippen molar-refractivity contribution in [2.75, 3.05) is 13.7 Å². The zero-order valence-electron chi connectivity index (χ0n) is 12.6. The molecule has 0 bridgehead atoms. The molecular weight excluding hydrogens is 212 g/mol. The topological polar surface area (TPSA) is 33.6 Å². The van der Waals surface area contributed by atoms with Crippen LogP contribution in [0.4, 0.5) is 0 Å². The normalized spacial score (nSPS) is 13.3. The molecule has 0 radical (unpaired) electrons. The molecule has 100 valence electrons. The van der Waals surface area contributed by atoms with Crippen molar-refractivity contribution >= 4 is 5.84 Å². The Bertz CT molecular complexity index is 292. The smallest absolute Gasteiger partial charge is 0.147 e. The average Bonchev–Trinajstić information content (AvgIpc) is 2.07. The van der Waals surface area contributed by atoms with Gasteiger partial charge in [0.25, 0.3) is 0 Å². The van der Waals surface area contributed by atoms with E-state index in [4.69, 9.17) is 4.84 Å². The van der Waals surface area contributed by atoms with Crippen LogP contribution in [0.2, 0.25) is 0 Å². The molecule has 3 heteroatoms. The van der Waals surface area contributed by atoms with Crippen molar-refractivity contribution in [1.82, 2.24) is 5.32 Å². The second-order valence-electron chi connectivity index (χ2n) is 6.42. The summed E-state index contributed by atoms with van der Waals surface area (Å²) in [6.07, 6.45) is 2.21. The summed E-state index contributed by atoms with van der Waals surface area (Å²) in [5.41, 5.74) is 1.29. The number of allylic oxidation sites excluding steroid dienone is 1.